The first-order valence-corrected chi connectivity index (χ1v) is 11.7. The van der Waals surface area contributed by atoms with Crippen molar-refractivity contribution in [2.24, 2.45) is 0 Å². The molecule has 5 heteroatoms. The molecule has 1 aromatic heterocycles. The van der Waals surface area contributed by atoms with Crippen molar-refractivity contribution < 1.29 is 19.7 Å². The SMILES string of the molecule is COc1cc(-c2cnc3cc(CO)c(CO)cc3c2)cc(-c2ccc(-c3ccccc3)cc2)c1OC. The Morgan fingerprint density at radius 3 is 1.97 bits per heavy atom. The van der Waals surface area contributed by atoms with Gasteiger partial charge >= 0.3 is 0 Å². The molecule has 36 heavy (non-hydrogen) atoms. The number of benzene rings is 4. The third-order valence-corrected chi connectivity index (χ3v) is 6.46. The highest BCUT2D eigenvalue weighted by molar-refractivity contribution is 5.87. The fraction of sp³-hybridized carbons (Fsp3) is 0.129. The van der Waals surface area contributed by atoms with Crippen LogP contribution >= 0.6 is 0 Å². The van der Waals surface area contributed by atoms with Crippen molar-refractivity contribution in [2.45, 2.75) is 13.2 Å². The van der Waals surface area contributed by atoms with Crippen LogP contribution in [0.3, 0.4) is 0 Å². The van der Waals surface area contributed by atoms with E-state index in [9.17, 15) is 10.2 Å². The zero-order valence-corrected chi connectivity index (χ0v) is 20.2. The Morgan fingerprint density at radius 2 is 1.31 bits per heavy atom. The fourth-order valence-electron chi connectivity index (χ4n) is 4.54. The largest absolute Gasteiger partial charge is 0.493 e. The predicted molar refractivity (Wildman–Crippen MR) is 143 cm³/mol. The van der Waals surface area contributed by atoms with Crippen LogP contribution in [0.2, 0.25) is 0 Å². The van der Waals surface area contributed by atoms with Crippen LogP contribution in [-0.2, 0) is 13.2 Å². The lowest BCUT2D eigenvalue weighted by molar-refractivity contribution is 0.260. The van der Waals surface area contributed by atoms with Crippen molar-refractivity contribution in [1.29, 1.82) is 0 Å². The van der Waals surface area contributed by atoms with Crippen molar-refractivity contribution in [3.63, 3.8) is 0 Å². The maximum absolute atomic E-state index is 9.71. The third kappa shape index (κ3) is 4.42. The quantitative estimate of drug-likeness (QED) is 0.290. The van der Waals surface area contributed by atoms with Crippen molar-refractivity contribution in [3.8, 4) is 44.9 Å². The molecule has 5 aromatic rings. The van der Waals surface area contributed by atoms with Gasteiger partial charge < -0.3 is 19.7 Å². The van der Waals surface area contributed by atoms with Crippen molar-refractivity contribution in [2.75, 3.05) is 14.2 Å². The van der Waals surface area contributed by atoms with E-state index in [1.165, 1.54) is 0 Å². The van der Waals surface area contributed by atoms with E-state index in [-0.39, 0.29) is 13.2 Å². The van der Waals surface area contributed by atoms with Crippen LogP contribution in [0.5, 0.6) is 11.5 Å². The number of ether oxygens (including phenoxy) is 2. The maximum Gasteiger partial charge on any atom is 0.168 e. The Bertz CT molecular complexity index is 1510. The number of methoxy groups -OCH3 is 2. The van der Waals surface area contributed by atoms with Crippen LogP contribution in [0, 0.1) is 0 Å². The number of hydrogen-bond acceptors (Lipinski definition) is 5. The summed E-state index contributed by atoms with van der Waals surface area (Å²) < 4.78 is 11.5. The molecule has 180 valence electrons. The monoisotopic (exact) mass is 477 g/mol. The van der Waals surface area contributed by atoms with E-state index in [0.29, 0.717) is 22.6 Å². The lowest BCUT2D eigenvalue weighted by atomic mass is 9.95. The molecular formula is C31H27NO4. The number of fused-ring (bicyclic) bond motifs is 1. The van der Waals surface area contributed by atoms with Gasteiger partial charge in [-0.05, 0) is 63.7 Å². The molecule has 0 amide bonds. The summed E-state index contributed by atoms with van der Waals surface area (Å²) in [6, 6.07) is 28.4. The van der Waals surface area contributed by atoms with Gasteiger partial charge in [0, 0.05) is 22.7 Å². The molecule has 0 fully saturated rings. The molecule has 2 N–H and O–H groups in total. The van der Waals surface area contributed by atoms with Crippen molar-refractivity contribution >= 4 is 10.9 Å². The molecule has 0 aliphatic rings. The molecule has 4 aromatic carbocycles. The van der Waals surface area contributed by atoms with Crippen LogP contribution in [0.15, 0.2) is 91.1 Å². The summed E-state index contributed by atoms with van der Waals surface area (Å²) in [5.41, 5.74) is 8.20. The molecule has 5 rings (SSSR count). The molecule has 0 saturated carbocycles. The van der Waals surface area contributed by atoms with Gasteiger partial charge in [-0.15, -0.1) is 0 Å². The molecular weight excluding hydrogens is 450 g/mol. The van der Waals surface area contributed by atoms with E-state index in [2.05, 4.69) is 47.4 Å². The highest BCUT2D eigenvalue weighted by atomic mass is 16.5. The summed E-state index contributed by atoms with van der Waals surface area (Å²) in [5.74, 6) is 1.29. The number of pyridine rings is 1. The highest BCUT2D eigenvalue weighted by Gasteiger charge is 2.16. The zero-order chi connectivity index (χ0) is 25.1. The van der Waals surface area contributed by atoms with E-state index in [1.807, 2.05) is 48.7 Å². The Labute approximate surface area is 210 Å². The average Bonchev–Trinajstić information content (AvgIpc) is 2.95. The number of aromatic nitrogens is 1. The number of hydrogen-bond donors (Lipinski definition) is 2. The minimum absolute atomic E-state index is 0.142. The first kappa shape index (κ1) is 23.5. The summed E-state index contributed by atoms with van der Waals surface area (Å²) in [6.07, 6.45) is 1.81. The number of aliphatic hydroxyl groups is 2. The predicted octanol–water partition coefficient (Wildman–Crippen LogP) is 6.24. The summed E-state index contributed by atoms with van der Waals surface area (Å²) in [5, 5.41) is 20.2. The van der Waals surface area contributed by atoms with Gasteiger partial charge in [-0.2, -0.15) is 0 Å². The second-order valence-corrected chi connectivity index (χ2v) is 8.56. The highest BCUT2D eigenvalue weighted by Crippen LogP contribution is 2.42. The molecule has 0 bridgehead atoms. The van der Waals surface area contributed by atoms with E-state index in [0.717, 1.165) is 44.3 Å². The minimum atomic E-state index is -0.143. The van der Waals surface area contributed by atoms with Crippen LogP contribution in [-0.4, -0.2) is 29.4 Å². The topological polar surface area (TPSA) is 71.8 Å². The van der Waals surface area contributed by atoms with Crippen LogP contribution in [0.1, 0.15) is 11.1 Å². The fourth-order valence-corrected chi connectivity index (χ4v) is 4.54. The van der Waals surface area contributed by atoms with Crippen LogP contribution in [0.25, 0.3) is 44.3 Å². The summed E-state index contributed by atoms with van der Waals surface area (Å²) in [6.45, 7) is -0.285. The standard InChI is InChI=1S/C31H27NO4/c1-35-30-16-23(25-12-24-13-26(18-33)27(19-34)15-29(24)32-17-25)14-28(31(30)36-2)22-10-8-21(9-11-22)20-6-4-3-5-7-20/h3-17,33-34H,18-19H2,1-2H3. The zero-order valence-electron chi connectivity index (χ0n) is 20.2. The van der Waals surface area contributed by atoms with E-state index >= 15 is 0 Å². The Morgan fingerprint density at radius 1 is 0.639 bits per heavy atom. The van der Waals surface area contributed by atoms with Gasteiger partial charge in [-0.1, -0.05) is 54.6 Å². The van der Waals surface area contributed by atoms with Gasteiger partial charge in [0.15, 0.2) is 11.5 Å². The van der Waals surface area contributed by atoms with Gasteiger partial charge in [0.1, 0.15) is 0 Å². The molecule has 0 aliphatic heterocycles. The number of rotatable bonds is 7. The van der Waals surface area contributed by atoms with E-state index in [4.69, 9.17) is 9.47 Å². The van der Waals surface area contributed by atoms with Gasteiger partial charge in [0.25, 0.3) is 0 Å². The molecule has 0 aliphatic carbocycles. The van der Waals surface area contributed by atoms with Gasteiger partial charge in [-0.3, -0.25) is 4.98 Å². The Balaban J connectivity index is 1.61. The van der Waals surface area contributed by atoms with Crippen molar-refractivity contribution in [3.05, 3.63) is 102 Å². The third-order valence-electron chi connectivity index (χ3n) is 6.46. The first-order chi connectivity index (χ1) is 17.6. The van der Waals surface area contributed by atoms with Gasteiger partial charge in [0.2, 0.25) is 0 Å². The minimum Gasteiger partial charge on any atom is -0.493 e. The molecule has 0 spiro atoms. The van der Waals surface area contributed by atoms with Gasteiger partial charge in [0.05, 0.1) is 33.0 Å². The molecule has 0 saturated heterocycles. The normalized spacial score (nSPS) is 11.0. The molecule has 0 atom stereocenters. The number of nitrogens with zero attached hydrogens (tertiary/aromatic N) is 1. The molecule has 0 radical (unpaired) electrons. The summed E-state index contributed by atoms with van der Waals surface area (Å²) in [4.78, 5) is 4.62. The Kier molecular flexibility index (Phi) is 6.67. The molecule has 5 nitrogen and oxygen atoms in total. The average molecular weight is 478 g/mol. The van der Waals surface area contributed by atoms with Gasteiger partial charge in [-0.25, -0.2) is 0 Å². The first-order valence-electron chi connectivity index (χ1n) is 11.7. The van der Waals surface area contributed by atoms with E-state index < -0.39 is 0 Å². The lowest BCUT2D eigenvalue weighted by Crippen LogP contribution is -1.97. The van der Waals surface area contributed by atoms with E-state index in [1.54, 1.807) is 14.2 Å². The summed E-state index contributed by atoms with van der Waals surface area (Å²) in [7, 11) is 3.28. The summed E-state index contributed by atoms with van der Waals surface area (Å²) >= 11 is 0. The smallest absolute Gasteiger partial charge is 0.168 e. The molecule has 1 heterocycles. The lowest BCUT2D eigenvalue weighted by Gasteiger charge is -2.16. The van der Waals surface area contributed by atoms with Crippen molar-refractivity contribution in [1.82, 2.24) is 4.98 Å². The molecule has 0 unspecified atom stereocenters. The van der Waals surface area contributed by atoms with Crippen LogP contribution in [0.4, 0.5) is 0 Å². The van der Waals surface area contributed by atoms with Crippen LogP contribution < -0.4 is 9.47 Å². The maximum atomic E-state index is 9.71. The Hall–Kier alpha value is -4.19. The second-order valence-electron chi connectivity index (χ2n) is 8.56. The number of aliphatic hydroxyl groups excluding tert-OH is 2. The second kappa shape index (κ2) is 10.2.